The number of carbonyl (C=O) groups is 2. The molecule has 0 bridgehead atoms. The summed E-state index contributed by atoms with van der Waals surface area (Å²) in [6.07, 6.45) is 7.02. The van der Waals surface area contributed by atoms with Crippen molar-refractivity contribution >= 4 is 23.3 Å². The Hall–Kier alpha value is -3.15. The smallest absolute Gasteiger partial charge is 0.338 e. The molecular formula is C21H26N4O5. The third kappa shape index (κ3) is 5.06. The van der Waals surface area contributed by atoms with Gasteiger partial charge in [0.15, 0.2) is 6.61 Å². The lowest BCUT2D eigenvalue weighted by Crippen LogP contribution is -2.46. The topological polar surface area (TPSA) is 126 Å². The molecule has 160 valence electrons. The zero-order chi connectivity index (χ0) is 21.6. The Balaban J connectivity index is 1.65. The summed E-state index contributed by atoms with van der Waals surface area (Å²) in [5.74, 6) is -1.37. The van der Waals surface area contributed by atoms with Gasteiger partial charge in [-0.05, 0) is 50.7 Å². The molecular weight excluding hydrogens is 388 g/mol. The minimum atomic E-state index is -0.892. The summed E-state index contributed by atoms with van der Waals surface area (Å²) >= 11 is 0. The lowest BCUT2D eigenvalue weighted by atomic mass is 10.00. The maximum absolute atomic E-state index is 12.3. The number of hydrogen-bond acceptors (Lipinski definition) is 7. The van der Waals surface area contributed by atoms with Crippen LogP contribution in [-0.4, -0.2) is 42.0 Å². The third-order valence-electron chi connectivity index (χ3n) is 5.74. The van der Waals surface area contributed by atoms with Crippen molar-refractivity contribution in [2.45, 2.75) is 56.9 Å². The molecule has 1 saturated carbocycles. The number of nitrogens with one attached hydrogen (secondary N) is 1. The monoisotopic (exact) mass is 414 g/mol. The average Bonchev–Trinajstić information content (AvgIpc) is 3.04. The number of hydrogen-bond donors (Lipinski definition) is 1. The van der Waals surface area contributed by atoms with E-state index in [2.05, 4.69) is 11.4 Å². The van der Waals surface area contributed by atoms with Gasteiger partial charge in [0.2, 0.25) is 0 Å². The predicted molar refractivity (Wildman–Crippen MR) is 109 cm³/mol. The molecule has 0 radical (unpaired) electrons. The van der Waals surface area contributed by atoms with Gasteiger partial charge in [0.1, 0.15) is 11.2 Å². The van der Waals surface area contributed by atoms with Crippen molar-refractivity contribution in [1.29, 1.82) is 5.26 Å². The van der Waals surface area contributed by atoms with Crippen molar-refractivity contribution in [2.24, 2.45) is 0 Å². The van der Waals surface area contributed by atoms with E-state index in [0.29, 0.717) is 18.5 Å². The van der Waals surface area contributed by atoms with E-state index in [1.54, 1.807) is 6.07 Å². The molecule has 1 heterocycles. The molecule has 0 aromatic heterocycles. The molecule has 30 heavy (non-hydrogen) atoms. The van der Waals surface area contributed by atoms with E-state index < -0.39 is 28.9 Å². The van der Waals surface area contributed by atoms with Crippen LogP contribution < -0.4 is 10.2 Å². The molecule has 2 fully saturated rings. The van der Waals surface area contributed by atoms with Gasteiger partial charge < -0.3 is 15.0 Å². The minimum absolute atomic E-state index is 0.0175. The first kappa shape index (κ1) is 21.6. The Kier molecular flexibility index (Phi) is 6.87. The summed E-state index contributed by atoms with van der Waals surface area (Å²) in [4.78, 5) is 37.5. The lowest BCUT2D eigenvalue weighted by molar-refractivity contribution is -0.384. The van der Waals surface area contributed by atoms with Gasteiger partial charge in [0.25, 0.3) is 11.6 Å². The Bertz CT molecular complexity index is 849. The van der Waals surface area contributed by atoms with Crippen LogP contribution in [0.25, 0.3) is 0 Å². The van der Waals surface area contributed by atoms with Gasteiger partial charge >= 0.3 is 5.97 Å². The Labute approximate surface area is 175 Å². The van der Waals surface area contributed by atoms with Gasteiger partial charge in [0, 0.05) is 19.2 Å². The largest absolute Gasteiger partial charge is 0.452 e. The van der Waals surface area contributed by atoms with Crippen molar-refractivity contribution in [3.8, 4) is 6.07 Å². The summed E-state index contributed by atoms with van der Waals surface area (Å²) in [5, 5.41) is 23.5. The fourth-order valence-corrected chi connectivity index (χ4v) is 4.14. The number of nitro benzene ring substituents is 1. The number of benzene rings is 1. The number of nitrogens with zero attached hydrogens (tertiary/aromatic N) is 3. The highest BCUT2D eigenvalue weighted by Gasteiger charge is 2.35. The molecule has 1 N–H and O–H groups in total. The Morgan fingerprint density at radius 3 is 2.43 bits per heavy atom. The number of nitro groups is 1. The van der Waals surface area contributed by atoms with Gasteiger partial charge in [0.05, 0.1) is 16.6 Å². The number of carbonyl (C=O) groups excluding carboxylic acids is 2. The van der Waals surface area contributed by atoms with Crippen LogP contribution in [0.1, 0.15) is 61.7 Å². The number of anilines is 1. The van der Waals surface area contributed by atoms with Gasteiger partial charge in [-0.2, -0.15) is 5.26 Å². The normalized spacial score (nSPS) is 18.2. The maximum Gasteiger partial charge on any atom is 0.338 e. The van der Waals surface area contributed by atoms with E-state index in [0.717, 1.165) is 51.6 Å². The standard InChI is InChI=1S/C21H26N4O5/c22-15-21(9-3-4-10-21)23-19(26)14-30-20(27)16-7-8-17(18(13-16)25(28)29)24-11-5-1-2-6-12-24/h7-8,13H,1-6,9-12,14H2,(H,23,26). The van der Waals surface area contributed by atoms with E-state index in [-0.39, 0.29) is 11.3 Å². The fraction of sp³-hybridized carbons (Fsp3) is 0.571. The number of ether oxygens (including phenoxy) is 1. The highest BCUT2D eigenvalue weighted by molar-refractivity contribution is 5.93. The molecule has 2 aliphatic rings. The first-order chi connectivity index (χ1) is 14.4. The molecule has 9 heteroatoms. The molecule has 1 aliphatic heterocycles. The second-order valence-electron chi connectivity index (χ2n) is 7.89. The highest BCUT2D eigenvalue weighted by Crippen LogP contribution is 2.31. The Morgan fingerprint density at radius 2 is 1.83 bits per heavy atom. The van der Waals surface area contributed by atoms with E-state index in [1.807, 2.05) is 4.90 Å². The van der Waals surface area contributed by atoms with Crippen molar-refractivity contribution in [2.75, 3.05) is 24.6 Å². The summed E-state index contributed by atoms with van der Waals surface area (Å²) in [5.41, 5.74) is -0.528. The Morgan fingerprint density at radius 1 is 1.17 bits per heavy atom. The van der Waals surface area contributed by atoms with Crippen molar-refractivity contribution in [3.05, 3.63) is 33.9 Å². The van der Waals surface area contributed by atoms with E-state index in [1.165, 1.54) is 12.1 Å². The lowest BCUT2D eigenvalue weighted by Gasteiger charge is -2.22. The van der Waals surface area contributed by atoms with Crippen molar-refractivity contribution in [3.63, 3.8) is 0 Å². The van der Waals surface area contributed by atoms with Crippen LogP contribution in [0.15, 0.2) is 18.2 Å². The van der Waals surface area contributed by atoms with E-state index in [4.69, 9.17) is 4.74 Å². The van der Waals surface area contributed by atoms with Crippen LogP contribution in [-0.2, 0) is 9.53 Å². The van der Waals surface area contributed by atoms with Crippen LogP contribution in [0.2, 0.25) is 0 Å². The summed E-state index contributed by atoms with van der Waals surface area (Å²) in [6, 6.07) is 6.40. The highest BCUT2D eigenvalue weighted by atomic mass is 16.6. The molecule has 0 atom stereocenters. The SMILES string of the molecule is N#CC1(NC(=O)COC(=O)c2ccc(N3CCCCCC3)c([N+](=O)[O-])c2)CCCC1. The number of amides is 1. The molecule has 3 rings (SSSR count). The second-order valence-corrected chi connectivity index (χ2v) is 7.89. The maximum atomic E-state index is 12.3. The second kappa shape index (κ2) is 9.57. The molecule has 1 aromatic carbocycles. The number of rotatable bonds is 6. The van der Waals surface area contributed by atoms with Crippen LogP contribution >= 0.6 is 0 Å². The number of nitriles is 1. The fourth-order valence-electron chi connectivity index (χ4n) is 4.14. The van der Waals surface area contributed by atoms with Gasteiger partial charge in [-0.15, -0.1) is 0 Å². The van der Waals surface area contributed by atoms with Crippen LogP contribution in [0.5, 0.6) is 0 Å². The predicted octanol–water partition coefficient (Wildman–Crippen LogP) is 3.08. The molecule has 0 unspecified atom stereocenters. The third-order valence-corrected chi connectivity index (χ3v) is 5.74. The molecule has 1 aliphatic carbocycles. The van der Waals surface area contributed by atoms with Gasteiger partial charge in [-0.3, -0.25) is 14.9 Å². The quantitative estimate of drug-likeness (QED) is 0.431. The van der Waals surface area contributed by atoms with Crippen LogP contribution in [0, 0.1) is 21.4 Å². The van der Waals surface area contributed by atoms with E-state index >= 15 is 0 Å². The summed E-state index contributed by atoms with van der Waals surface area (Å²) < 4.78 is 5.03. The first-order valence-corrected chi connectivity index (χ1v) is 10.4. The summed E-state index contributed by atoms with van der Waals surface area (Å²) in [6.45, 7) is 0.945. The molecule has 1 amide bonds. The molecule has 1 saturated heterocycles. The van der Waals surface area contributed by atoms with Crippen LogP contribution in [0.4, 0.5) is 11.4 Å². The number of esters is 1. The van der Waals surface area contributed by atoms with Crippen molar-refractivity contribution in [1.82, 2.24) is 5.32 Å². The first-order valence-electron chi connectivity index (χ1n) is 10.4. The minimum Gasteiger partial charge on any atom is -0.452 e. The van der Waals surface area contributed by atoms with E-state index in [9.17, 15) is 25.0 Å². The zero-order valence-corrected chi connectivity index (χ0v) is 16.9. The van der Waals surface area contributed by atoms with Gasteiger partial charge in [-0.1, -0.05) is 12.8 Å². The molecule has 1 aromatic rings. The average molecular weight is 414 g/mol. The summed E-state index contributed by atoms with van der Waals surface area (Å²) in [7, 11) is 0. The zero-order valence-electron chi connectivity index (χ0n) is 16.9. The molecule has 0 spiro atoms. The van der Waals surface area contributed by atoms with Crippen molar-refractivity contribution < 1.29 is 19.2 Å². The molecule has 9 nitrogen and oxygen atoms in total. The van der Waals surface area contributed by atoms with Gasteiger partial charge in [-0.25, -0.2) is 4.79 Å². The van der Waals surface area contributed by atoms with Crippen LogP contribution in [0.3, 0.4) is 0 Å².